The second-order valence-electron chi connectivity index (χ2n) is 4.15. The summed E-state index contributed by atoms with van der Waals surface area (Å²) in [5.41, 5.74) is 7.08. The van der Waals surface area contributed by atoms with Gasteiger partial charge in [0.05, 0.1) is 16.0 Å². The fraction of sp³-hybridized carbons (Fsp3) is 0.250. The van der Waals surface area contributed by atoms with E-state index >= 15 is 0 Å². The molecule has 0 aliphatic carbocycles. The highest BCUT2D eigenvalue weighted by atomic mass is 16.6. The number of benzene rings is 1. The summed E-state index contributed by atoms with van der Waals surface area (Å²) in [7, 11) is 0. The Kier molecular flexibility index (Phi) is 3.38. The lowest BCUT2D eigenvalue weighted by Gasteiger charge is -2.11. The number of anilines is 1. The van der Waals surface area contributed by atoms with Crippen molar-refractivity contribution in [2.45, 2.75) is 13.0 Å². The number of nitrogens with one attached hydrogen (secondary N) is 1. The molecule has 0 spiro atoms. The highest BCUT2D eigenvalue weighted by molar-refractivity contribution is 5.96. The number of nitrogens with two attached hydrogens (primary N) is 1. The van der Waals surface area contributed by atoms with Gasteiger partial charge < -0.3 is 11.1 Å². The van der Waals surface area contributed by atoms with Gasteiger partial charge in [-0.3, -0.25) is 15.1 Å². The number of rotatable bonds is 4. The Morgan fingerprint density at radius 2 is 2.28 bits per heavy atom. The zero-order valence-corrected chi connectivity index (χ0v) is 9.96. The fourth-order valence-electron chi connectivity index (χ4n) is 1.73. The van der Waals surface area contributed by atoms with Crippen LogP contribution in [0.4, 0.5) is 11.4 Å². The third-order valence-electron chi connectivity index (χ3n) is 2.56. The van der Waals surface area contributed by atoms with Gasteiger partial charge in [0, 0.05) is 24.8 Å². The Morgan fingerprint density at radius 1 is 1.50 bits per heavy atom. The summed E-state index contributed by atoms with van der Waals surface area (Å²) in [5, 5.41) is 14.6. The smallest absolute Gasteiger partial charge is 0.278 e. The van der Waals surface area contributed by atoms with Crippen molar-refractivity contribution in [3.63, 3.8) is 0 Å². The van der Waals surface area contributed by atoms with Crippen molar-refractivity contribution in [2.75, 3.05) is 11.9 Å². The minimum atomic E-state index is -0.403. The third-order valence-corrected chi connectivity index (χ3v) is 2.56. The first-order valence-corrected chi connectivity index (χ1v) is 5.61. The molecule has 6 nitrogen and oxygen atoms in total. The SMILES string of the molecule is CC(N)CNc1ccc([N+](=O)[O-])c2cccnc12. The molecule has 0 amide bonds. The van der Waals surface area contributed by atoms with Gasteiger partial charge in [0.15, 0.2) is 0 Å². The van der Waals surface area contributed by atoms with Gasteiger partial charge in [0.25, 0.3) is 5.69 Å². The number of hydrogen-bond acceptors (Lipinski definition) is 5. The monoisotopic (exact) mass is 246 g/mol. The van der Waals surface area contributed by atoms with Crippen molar-refractivity contribution in [1.29, 1.82) is 0 Å². The van der Waals surface area contributed by atoms with Crippen LogP contribution in [0.2, 0.25) is 0 Å². The first-order valence-electron chi connectivity index (χ1n) is 5.61. The van der Waals surface area contributed by atoms with Crippen molar-refractivity contribution >= 4 is 22.3 Å². The maximum atomic E-state index is 10.9. The third kappa shape index (κ3) is 2.38. The van der Waals surface area contributed by atoms with Gasteiger partial charge in [-0.15, -0.1) is 0 Å². The van der Waals surface area contributed by atoms with Crippen molar-refractivity contribution < 1.29 is 4.92 Å². The maximum Gasteiger partial charge on any atom is 0.278 e. The van der Waals surface area contributed by atoms with E-state index in [-0.39, 0.29) is 11.7 Å². The summed E-state index contributed by atoms with van der Waals surface area (Å²) in [6, 6.07) is 6.52. The molecule has 3 N–H and O–H groups in total. The first-order chi connectivity index (χ1) is 8.59. The molecule has 0 radical (unpaired) electrons. The van der Waals surface area contributed by atoms with Gasteiger partial charge in [0.1, 0.15) is 5.52 Å². The topological polar surface area (TPSA) is 94.1 Å². The number of nitro benzene ring substituents is 1. The van der Waals surface area contributed by atoms with Gasteiger partial charge in [-0.25, -0.2) is 0 Å². The van der Waals surface area contributed by atoms with E-state index in [1.54, 1.807) is 24.4 Å². The number of non-ortho nitro benzene ring substituents is 1. The molecule has 1 atom stereocenters. The molecule has 0 aliphatic rings. The molecule has 0 saturated carbocycles. The van der Waals surface area contributed by atoms with Crippen LogP contribution in [-0.4, -0.2) is 22.5 Å². The quantitative estimate of drug-likeness (QED) is 0.634. The van der Waals surface area contributed by atoms with Crippen molar-refractivity contribution in [2.24, 2.45) is 5.73 Å². The van der Waals surface area contributed by atoms with Gasteiger partial charge in [-0.05, 0) is 25.1 Å². The van der Waals surface area contributed by atoms with E-state index < -0.39 is 4.92 Å². The van der Waals surface area contributed by atoms with Crippen LogP contribution in [-0.2, 0) is 0 Å². The average Bonchev–Trinajstić information content (AvgIpc) is 2.35. The van der Waals surface area contributed by atoms with Crippen LogP contribution in [0, 0.1) is 10.1 Å². The Hall–Kier alpha value is -2.21. The molecule has 1 aromatic carbocycles. The van der Waals surface area contributed by atoms with E-state index in [4.69, 9.17) is 5.73 Å². The van der Waals surface area contributed by atoms with Gasteiger partial charge in [-0.2, -0.15) is 0 Å². The average molecular weight is 246 g/mol. The fourth-order valence-corrected chi connectivity index (χ4v) is 1.73. The molecule has 6 heteroatoms. The summed E-state index contributed by atoms with van der Waals surface area (Å²) in [5.74, 6) is 0. The minimum absolute atomic E-state index is 0.000968. The van der Waals surface area contributed by atoms with Crippen LogP contribution in [0.25, 0.3) is 10.9 Å². The standard InChI is InChI=1S/C12H14N4O2/c1-8(13)7-15-10-4-5-11(16(17)18)9-3-2-6-14-12(9)10/h2-6,8,15H,7,13H2,1H3. The number of hydrogen-bond donors (Lipinski definition) is 2. The molecule has 1 unspecified atom stereocenters. The Balaban J connectivity index is 2.50. The summed E-state index contributed by atoms with van der Waals surface area (Å²) in [4.78, 5) is 14.7. The van der Waals surface area contributed by atoms with Gasteiger partial charge in [0.2, 0.25) is 0 Å². The zero-order chi connectivity index (χ0) is 13.1. The predicted molar refractivity (Wildman–Crippen MR) is 70.5 cm³/mol. The lowest BCUT2D eigenvalue weighted by Crippen LogP contribution is -2.25. The molecular weight excluding hydrogens is 232 g/mol. The summed E-state index contributed by atoms with van der Waals surface area (Å²) in [6.45, 7) is 2.47. The van der Waals surface area contributed by atoms with Crippen LogP contribution in [0.1, 0.15) is 6.92 Å². The number of aromatic nitrogens is 1. The van der Waals surface area contributed by atoms with E-state index in [0.717, 1.165) is 5.69 Å². The zero-order valence-electron chi connectivity index (χ0n) is 9.96. The molecule has 1 heterocycles. The van der Waals surface area contributed by atoms with Crippen LogP contribution in [0.3, 0.4) is 0 Å². The Morgan fingerprint density at radius 3 is 2.94 bits per heavy atom. The van der Waals surface area contributed by atoms with Gasteiger partial charge >= 0.3 is 0 Å². The summed E-state index contributed by atoms with van der Waals surface area (Å²) < 4.78 is 0. The molecule has 18 heavy (non-hydrogen) atoms. The molecule has 0 aliphatic heterocycles. The first kappa shape index (κ1) is 12.3. The largest absolute Gasteiger partial charge is 0.382 e. The second kappa shape index (κ2) is 4.97. The second-order valence-corrected chi connectivity index (χ2v) is 4.15. The van der Waals surface area contributed by atoms with E-state index in [1.165, 1.54) is 6.07 Å². The molecule has 0 bridgehead atoms. The molecule has 94 valence electrons. The predicted octanol–water partition coefficient (Wildman–Crippen LogP) is 1.90. The number of nitro groups is 1. The minimum Gasteiger partial charge on any atom is -0.382 e. The van der Waals surface area contributed by atoms with Crippen molar-refractivity contribution in [3.8, 4) is 0 Å². The number of nitrogens with zero attached hydrogens (tertiary/aromatic N) is 2. The maximum absolute atomic E-state index is 10.9. The highest BCUT2D eigenvalue weighted by Gasteiger charge is 2.14. The highest BCUT2D eigenvalue weighted by Crippen LogP contribution is 2.29. The van der Waals surface area contributed by atoms with E-state index in [2.05, 4.69) is 10.3 Å². The summed E-state index contributed by atoms with van der Waals surface area (Å²) in [6.07, 6.45) is 1.61. The molecule has 0 saturated heterocycles. The summed E-state index contributed by atoms with van der Waals surface area (Å²) >= 11 is 0. The number of pyridine rings is 1. The molecule has 2 rings (SSSR count). The molecule has 2 aromatic rings. The van der Waals surface area contributed by atoms with E-state index in [1.807, 2.05) is 6.92 Å². The molecule has 0 fully saturated rings. The van der Waals surface area contributed by atoms with Crippen LogP contribution < -0.4 is 11.1 Å². The van der Waals surface area contributed by atoms with Crippen LogP contribution in [0.5, 0.6) is 0 Å². The Labute approximate surface area is 104 Å². The van der Waals surface area contributed by atoms with Gasteiger partial charge in [-0.1, -0.05) is 0 Å². The van der Waals surface area contributed by atoms with E-state index in [9.17, 15) is 10.1 Å². The Bertz CT molecular complexity index is 583. The number of fused-ring (bicyclic) bond motifs is 1. The normalized spacial score (nSPS) is 12.3. The van der Waals surface area contributed by atoms with Crippen molar-refractivity contribution in [3.05, 3.63) is 40.6 Å². The van der Waals surface area contributed by atoms with Crippen LogP contribution in [0.15, 0.2) is 30.5 Å². The molecule has 1 aromatic heterocycles. The lowest BCUT2D eigenvalue weighted by atomic mass is 10.1. The molecular formula is C12H14N4O2. The van der Waals surface area contributed by atoms with Crippen LogP contribution >= 0.6 is 0 Å². The van der Waals surface area contributed by atoms with Crippen molar-refractivity contribution in [1.82, 2.24) is 4.98 Å². The van der Waals surface area contributed by atoms with E-state index in [0.29, 0.717) is 17.4 Å². The lowest BCUT2D eigenvalue weighted by molar-refractivity contribution is -0.383.